The molecular formula is C13H19NO4S. The Bertz CT molecular complexity index is 564. The maximum atomic E-state index is 11.7. The second-order valence-electron chi connectivity index (χ2n) is 5.16. The highest BCUT2D eigenvalue weighted by molar-refractivity contribution is 7.92. The van der Waals surface area contributed by atoms with Gasteiger partial charge in [-0.05, 0) is 31.5 Å². The molecule has 2 N–H and O–H groups in total. The number of aromatic hydroxyl groups is 1. The summed E-state index contributed by atoms with van der Waals surface area (Å²) in [6.07, 6.45) is 1.25. The minimum atomic E-state index is -3.23. The summed E-state index contributed by atoms with van der Waals surface area (Å²) in [7, 11) is -3.23. The van der Waals surface area contributed by atoms with Gasteiger partial charge in [-0.1, -0.05) is 12.1 Å². The van der Waals surface area contributed by atoms with Gasteiger partial charge in [-0.3, -0.25) is 4.79 Å². The summed E-state index contributed by atoms with van der Waals surface area (Å²) in [4.78, 5) is 11.7. The van der Waals surface area contributed by atoms with Crippen molar-refractivity contribution in [1.82, 2.24) is 5.32 Å². The molecule has 0 aliphatic carbocycles. The van der Waals surface area contributed by atoms with Gasteiger partial charge in [-0.15, -0.1) is 0 Å². The Kier molecular flexibility index (Phi) is 4.57. The van der Waals surface area contributed by atoms with Crippen LogP contribution in [0.5, 0.6) is 5.75 Å². The van der Waals surface area contributed by atoms with E-state index in [1.807, 2.05) is 0 Å². The third-order valence-corrected chi connectivity index (χ3v) is 5.14. The first-order valence-electron chi connectivity index (χ1n) is 5.86. The smallest absolute Gasteiger partial charge is 0.224 e. The number of benzene rings is 1. The third kappa shape index (κ3) is 4.55. The van der Waals surface area contributed by atoms with Gasteiger partial charge in [0.05, 0.1) is 11.2 Å². The summed E-state index contributed by atoms with van der Waals surface area (Å²) in [5, 5.41) is 11.9. The maximum absolute atomic E-state index is 11.7. The summed E-state index contributed by atoms with van der Waals surface area (Å²) in [6.45, 7) is 3.19. The van der Waals surface area contributed by atoms with Crippen LogP contribution >= 0.6 is 0 Å². The fourth-order valence-corrected chi connectivity index (χ4v) is 1.69. The van der Waals surface area contributed by atoms with Crippen LogP contribution < -0.4 is 5.32 Å². The molecule has 0 heterocycles. The van der Waals surface area contributed by atoms with Gasteiger partial charge in [0.25, 0.3) is 0 Å². The molecule has 0 aromatic heterocycles. The van der Waals surface area contributed by atoms with Crippen molar-refractivity contribution < 1.29 is 18.3 Å². The summed E-state index contributed by atoms with van der Waals surface area (Å²) >= 11 is 0. The molecule has 1 aromatic rings. The lowest BCUT2D eigenvalue weighted by molar-refractivity contribution is -0.120. The van der Waals surface area contributed by atoms with E-state index < -0.39 is 14.6 Å². The van der Waals surface area contributed by atoms with E-state index in [1.54, 1.807) is 26.0 Å². The van der Waals surface area contributed by atoms with Gasteiger partial charge in [0.1, 0.15) is 5.75 Å². The van der Waals surface area contributed by atoms with Crippen LogP contribution in [0.2, 0.25) is 0 Å². The first-order chi connectivity index (χ1) is 8.62. The van der Waals surface area contributed by atoms with Gasteiger partial charge in [0.2, 0.25) is 5.91 Å². The number of carbonyl (C=O) groups is 1. The van der Waals surface area contributed by atoms with Crippen molar-refractivity contribution in [2.24, 2.45) is 0 Å². The number of carbonyl (C=O) groups excluding carboxylic acids is 1. The second-order valence-corrected chi connectivity index (χ2v) is 7.80. The monoisotopic (exact) mass is 285 g/mol. The Morgan fingerprint density at radius 3 is 2.53 bits per heavy atom. The van der Waals surface area contributed by atoms with Crippen LogP contribution in [0.3, 0.4) is 0 Å². The minimum Gasteiger partial charge on any atom is -0.508 e. The summed E-state index contributed by atoms with van der Waals surface area (Å²) in [6, 6.07) is 6.40. The molecule has 0 atom stereocenters. The molecule has 5 nitrogen and oxygen atoms in total. The van der Waals surface area contributed by atoms with Crippen LogP contribution in [0.1, 0.15) is 19.4 Å². The van der Waals surface area contributed by atoms with Crippen molar-refractivity contribution in [3.63, 3.8) is 0 Å². The molecule has 0 aliphatic rings. The molecule has 19 heavy (non-hydrogen) atoms. The van der Waals surface area contributed by atoms with E-state index >= 15 is 0 Å². The molecule has 0 aliphatic heterocycles. The van der Waals surface area contributed by atoms with Crippen LogP contribution in [-0.2, 0) is 21.1 Å². The van der Waals surface area contributed by atoms with Crippen molar-refractivity contribution in [1.29, 1.82) is 0 Å². The first-order valence-corrected chi connectivity index (χ1v) is 7.75. The number of sulfone groups is 1. The van der Waals surface area contributed by atoms with Crippen LogP contribution in [0.25, 0.3) is 0 Å². The van der Waals surface area contributed by atoms with Gasteiger partial charge in [-0.2, -0.15) is 0 Å². The summed E-state index contributed by atoms with van der Waals surface area (Å²) < 4.78 is 22.0. The van der Waals surface area contributed by atoms with E-state index in [9.17, 15) is 18.3 Å². The van der Waals surface area contributed by atoms with Crippen LogP contribution in [0, 0.1) is 0 Å². The van der Waals surface area contributed by atoms with E-state index in [0.29, 0.717) is 5.56 Å². The molecule has 1 rings (SSSR count). The van der Waals surface area contributed by atoms with Gasteiger partial charge < -0.3 is 10.4 Å². The predicted octanol–water partition coefficient (Wildman–Crippen LogP) is 0.874. The highest BCUT2D eigenvalue weighted by Crippen LogP contribution is 2.14. The van der Waals surface area contributed by atoms with Crippen molar-refractivity contribution in [2.75, 3.05) is 12.8 Å². The molecule has 1 aromatic carbocycles. The lowest BCUT2D eigenvalue weighted by Gasteiger charge is -2.22. The van der Waals surface area contributed by atoms with Crippen molar-refractivity contribution in [2.45, 2.75) is 25.0 Å². The quantitative estimate of drug-likeness (QED) is 0.841. The number of amides is 1. The van der Waals surface area contributed by atoms with Crippen molar-refractivity contribution in [3.8, 4) is 5.75 Å². The zero-order valence-corrected chi connectivity index (χ0v) is 12.1. The normalized spacial score (nSPS) is 12.2. The predicted molar refractivity (Wildman–Crippen MR) is 73.7 cm³/mol. The first kappa shape index (κ1) is 15.5. The molecule has 0 saturated carbocycles. The zero-order chi connectivity index (χ0) is 14.7. The van der Waals surface area contributed by atoms with E-state index in [-0.39, 0.29) is 24.6 Å². The molecule has 106 valence electrons. The van der Waals surface area contributed by atoms with Crippen LogP contribution in [0.4, 0.5) is 0 Å². The highest BCUT2D eigenvalue weighted by atomic mass is 32.2. The van der Waals surface area contributed by atoms with Gasteiger partial charge in [0.15, 0.2) is 9.84 Å². The lowest BCUT2D eigenvalue weighted by Crippen LogP contribution is -2.44. The summed E-state index contributed by atoms with van der Waals surface area (Å²) in [5.74, 6) is -0.177. The Morgan fingerprint density at radius 1 is 1.37 bits per heavy atom. The molecule has 0 bridgehead atoms. The standard InChI is InChI=1S/C13H19NO4S/c1-13(2,19(3,17)18)9-14-12(16)8-10-5-4-6-11(15)7-10/h4-7,15H,8-9H2,1-3H3,(H,14,16). The fourth-order valence-electron chi connectivity index (χ4n) is 1.36. The Balaban J connectivity index is 2.58. The molecule has 0 spiro atoms. The number of phenolic OH excluding ortho intramolecular Hbond substituents is 1. The van der Waals surface area contributed by atoms with Gasteiger partial charge in [-0.25, -0.2) is 8.42 Å². The fraction of sp³-hybridized carbons (Fsp3) is 0.462. The molecule has 6 heteroatoms. The topological polar surface area (TPSA) is 83.5 Å². The number of hydrogen-bond donors (Lipinski definition) is 2. The molecular weight excluding hydrogens is 266 g/mol. The molecule has 0 unspecified atom stereocenters. The molecule has 1 amide bonds. The number of hydrogen-bond acceptors (Lipinski definition) is 4. The van der Waals surface area contributed by atoms with E-state index in [2.05, 4.69) is 5.32 Å². The SMILES string of the molecule is CC(C)(CNC(=O)Cc1cccc(O)c1)S(C)(=O)=O. The van der Waals surface area contributed by atoms with E-state index in [4.69, 9.17) is 0 Å². The average Bonchev–Trinajstić information content (AvgIpc) is 2.25. The maximum Gasteiger partial charge on any atom is 0.224 e. The van der Waals surface area contributed by atoms with Crippen LogP contribution in [-0.4, -0.2) is 37.0 Å². The zero-order valence-electron chi connectivity index (χ0n) is 11.3. The lowest BCUT2D eigenvalue weighted by atomic mass is 10.1. The highest BCUT2D eigenvalue weighted by Gasteiger charge is 2.30. The van der Waals surface area contributed by atoms with Gasteiger partial charge >= 0.3 is 0 Å². The Morgan fingerprint density at radius 2 is 2.00 bits per heavy atom. The third-order valence-electron chi connectivity index (χ3n) is 2.99. The average molecular weight is 285 g/mol. The molecule has 0 saturated heterocycles. The van der Waals surface area contributed by atoms with E-state index in [1.165, 1.54) is 12.1 Å². The van der Waals surface area contributed by atoms with Crippen molar-refractivity contribution in [3.05, 3.63) is 29.8 Å². The number of phenols is 1. The minimum absolute atomic E-state index is 0.0590. The van der Waals surface area contributed by atoms with Crippen molar-refractivity contribution >= 4 is 15.7 Å². The van der Waals surface area contributed by atoms with Gasteiger partial charge in [0, 0.05) is 12.8 Å². The Hall–Kier alpha value is -1.56. The van der Waals surface area contributed by atoms with Crippen LogP contribution in [0.15, 0.2) is 24.3 Å². The molecule has 0 fully saturated rings. The summed E-state index contributed by atoms with van der Waals surface area (Å²) in [5.41, 5.74) is 0.676. The number of rotatable bonds is 5. The Labute approximate surface area is 113 Å². The largest absolute Gasteiger partial charge is 0.508 e. The number of nitrogens with one attached hydrogen (secondary N) is 1. The second kappa shape index (κ2) is 5.61. The van der Waals surface area contributed by atoms with E-state index in [0.717, 1.165) is 6.26 Å². The molecule has 0 radical (unpaired) electrons.